The molecule has 0 amide bonds. The van der Waals surface area contributed by atoms with E-state index in [-0.39, 0.29) is 0 Å². The first-order chi connectivity index (χ1) is 12.2. The van der Waals surface area contributed by atoms with Crippen LogP contribution in [-0.4, -0.2) is 9.97 Å². The Morgan fingerprint density at radius 3 is 2.32 bits per heavy atom. The van der Waals surface area contributed by atoms with Crippen molar-refractivity contribution in [2.24, 2.45) is 0 Å². The standard InChI is InChI=1S/C23H24N2/c1-5-8-14-18(4)21-17-22(19(12-6-2)13-7-3)25-23(24-21)20-15-10-9-11-16-20/h5-17H,2H2,1,3-4H3. The molecule has 0 N–H and O–H groups in total. The zero-order chi connectivity index (χ0) is 18.1. The summed E-state index contributed by atoms with van der Waals surface area (Å²) in [6.07, 6.45) is 13.9. The van der Waals surface area contributed by atoms with E-state index in [2.05, 4.69) is 19.6 Å². The van der Waals surface area contributed by atoms with Crippen molar-refractivity contribution >= 4 is 11.1 Å². The van der Waals surface area contributed by atoms with Gasteiger partial charge in [0.15, 0.2) is 5.82 Å². The van der Waals surface area contributed by atoms with E-state index in [1.165, 1.54) is 0 Å². The maximum absolute atomic E-state index is 4.78. The zero-order valence-corrected chi connectivity index (χ0v) is 15.1. The fraction of sp³-hybridized carbons (Fsp3) is 0.130. The van der Waals surface area contributed by atoms with Crippen molar-refractivity contribution in [3.8, 4) is 11.4 Å². The normalized spacial score (nSPS) is 12.9. The van der Waals surface area contributed by atoms with E-state index in [1.807, 2.05) is 80.6 Å². The van der Waals surface area contributed by atoms with Gasteiger partial charge in [-0.2, -0.15) is 0 Å². The fourth-order valence-electron chi connectivity index (χ4n) is 2.37. The summed E-state index contributed by atoms with van der Waals surface area (Å²) < 4.78 is 0. The monoisotopic (exact) mass is 328 g/mol. The number of rotatable bonds is 6. The average molecular weight is 328 g/mol. The van der Waals surface area contributed by atoms with Crippen LogP contribution >= 0.6 is 0 Å². The number of allylic oxidation sites excluding steroid dienone is 9. The Morgan fingerprint density at radius 2 is 1.68 bits per heavy atom. The van der Waals surface area contributed by atoms with E-state index in [4.69, 9.17) is 9.97 Å². The molecule has 0 fully saturated rings. The number of hydrogen-bond donors (Lipinski definition) is 0. The van der Waals surface area contributed by atoms with Crippen LogP contribution in [0.4, 0.5) is 0 Å². The minimum Gasteiger partial charge on any atom is -0.228 e. The van der Waals surface area contributed by atoms with E-state index in [0.29, 0.717) is 0 Å². The lowest BCUT2D eigenvalue weighted by Crippen LogP contribution is -1.99. The Balaban J connectivity index is 2.67. The van der Waals surface area contributed by atoms with Crippen molar-refractivity contribution < 1.29 is 0 Å². The topological polar surface area (TPSA) is 25.8 Å². The molecule has 0 aliphatic rings. The average Bonchev–Trinajstić information content (AvgIpc) is 2.66. The lowest BCUT2D eigenvalue weighted by molar-refractivity contribution is 1.13. The molecule has 25 heavy (non-hydrogen) atoms. The van der Waals surface area contributed by atoms with Gasteiger partial charge < -0.3 is 0 Å². The smallest absolute Gasteiger partial charge is 0.160 e. The third-order valence-electron chi connectivity index (χ3n) is 3.64. The molecule has 2 aromatic rings. The molecule has 0 aliphatic carbocycles. The summed E-state index contributed by atoms with van der Waals surface area (Å²) in [5.41, 5.74) is 4.91. The van der Waals surface area contributed by atoms with Crippen LogP contribution in [-0.2, 0) is 0 Å². The van der Waals surface area contributed by atoms with Crippen LogP contribution in [0.25, 0.3) is 22.5 Å². The minimum atomic E-state index is 0.723. The van der Waals surface area contributed by atoms with E-state index < -0.39 is 0 Å². The third kappa shape index (κ3) is 4.98. The van der Waals surface area contributed by atoms with Crippen LogP contribution in [0, 0.1) is 0 Å². The molecule has 0 saturated carbocycles. The van der Waals surface area contributed by atoms with Crippen LogP contribution < -0.4 is 0 Å². The van der Waals surface area contributed by atoms with E-state index in [9.17, 15) is 0 Å². The summed E-state index contributed by atoms with van der Waals surface area (Å²) in [6, 6.07) is 12.1. The van der Waals surface area contributed by atoms with Crippen LogP contribution in [0.3, 0.4) is 0 Å². The molecule has 0 atom stereocenters. The van der Waals surface area contributed by atoms with Gasteiger partial charge in [0, 0.05) is 5.56 Å². The molecule has 1 aromatic heterocycles. The molecule has 0 radical (unpaired) electrons. The highest BCUT2D eigenvalue weighted by atomic mass is 14.9. The van der Waals surface area contributed by atoms with Gasteiger partial charge in [-0.25, -0.2) is 9.97 Å². The first-order valence-corrected chi connectivity index (χ1v) is 8.39. The van der Waals surface area contributed by atoms with Crippen molar-refractivity contribution in [2.75, 3.05) is 0 Å². The van der Waals surface area contributed by atoms with Crippen molar-refractivity contribution in [3.05, 3.63) is 96.9 Å². The van der Waals surface area contributed by atoms with E-state index in [0.717, 1.165) is 33.9 Å². The number of nitrogens with zero attached hydrogens (tertiary/aromatic N) is 2. The van der Waals surface area contributed by atoms with E-state index in [1.54, 1.807) is 6.08 Å². The minimum absolute atomic E-state index is 0.723. The third-order valence-corrected chi connectivity index (χ3v) is 3.64. The highest BCUT2D eigenvalue weighted by molar-refractivity contribution is 5.76. The molecule has 0 bridgehead atoms. The summed E-state index contributed by atoms with van der Waals surface area (Å²) in [5, 5.41) is 0. The summed E-state index contributed by atoms with van der Waals surface area (Å²) in [7, 11) is 0. The van der Waals surface area contributed by atoms with Crippen molar-refractivity contribution in [1.82, 2.24) is 9.97 Å². The van der Waals surface area contributed by atoms with Gasteiger partial charge in [-0.05, 0) is 38.0 Å². The Morgan fingerprint density at radius 1 is 0.960 bits per heavy atom. The van der Waals surface area contributed by atoms with Crippen LogP contribution in [0.5, 0.6) is 0 Å². The Kier molecular flexibility index (Phi) is 6.85. The number of hydrogen-bond acceptors (Lipinski definition) is 2. The van der Waals surface area contributed by atoms with Gasteiger partial charge in [-0.1, -0.05) is 79.4 Å². The molecule has 126 valence electrons. The van der Waals surface area contributed by atoms with E-state index >= 15 is 0 Å². The van der Waals surface area contributed by atoms with Crippen LogP contribution in [0.2, 0.25) is 0 Å². The predicted molar refractivity (Wildman–Crippen MR) is 109 cm³/mol. The summed E-state index contributed by atoms with van der Waals surface area (Å²) in [4.78, 5) is 9.55. The quantitative estimate of drug-likeness (QED) is 0.584. The maximum Gasteiger partial charge on any atom is 0.160 e. The van der Waals surface area contributed by atoms with Gasteiger partial charge in [0.25, 0.3) is 0 Å². The molecule has 0 unspecified atom stereocenters. The molecule has 2 nitrogen and oxygen atoms in total. The first kappa shape index (κ1) is 18.3. The van der Waals surface area contributed by atoms with Gasteiger partial charge in [0.05, 0.1) is 11.4 Å². The highest BCUT2D eigenvalue weighted by Crippen LogP contribution is 2.23. The van der Waals surface area contributed by atoms with Crippen molar-refractivity contribution in [3.63, 3.8) is 0 Å². The lowest BCUT2D eigenvalue weighted by Gasteiger charge is -2.09. The van der Waals surface area contributed by atoms with Gasteiger partial charge in [-0.3, -0.25) is 0 Å². The van der Waals surface area contributed by atoms with Crippen molar-refractivity contribution in [1.29, 1.82) is 0 Å². The molecular formula is C23H24N2. The molecule has 0 saturated heterocycles. The first-order valence-electron chi connectivity index (χ1n) is 8.39. The SMILES string of the molecule is C=CC=C(C=CC)c1cc(C(C)=CC=CC)nc(-c2ccccc2)n1. The summed E-state index contributed by atoms with van der Waals surface area (Å²) in [5.74, 6) is 0.723. The number of benzene rings is 1. The van der Waals surface area contributed by atoms with Crippen molar-refractivity contribution in [2.45, 2.75) is 20.8 Å². The van der Waals surface area contributed by atoms with Gasteiger partial charge in [0.1, 0.15) is 0 Å². The molecule has 0 spiro atoms. The molecule has 2 heteroatoms. The molecular weight excluding hydrogens is 304 g/mol. The molecule has 2 rings (SSSR count). The maximum atomic E-state index is 4.78. The second kappa shape index (κ2) is 9.33. The van der Waals surface area contributed by atoms with Gasteiger partial charge >= 0.3 is 0 Å². The largest absolute Gasteiger partial charge is 0.228 e. The zero-order valence-electron chi connectivity index (χ0n) is 15.1. The Labute approximate surface area is 150 Å². The molecule has 0 aliphatic heterocycles. The van der Waals surface area contributed by atoms with Crippen LogP contribution in [0.1, 0.15) is 32.2 Å². The molecule has 1 aromatic carbocycles. The fourth-order valence-corrected chi connectivity index (χ4v) is 2.37. The van der Waals surface area contributed by atoms with Gasteiger partial charge in [-0.15, -0.1) is 0 Å². The van der Waals surface area contributed by atoms with Gasteiger partial charge in [0.2, 0.25) is 0 Å². The molecule has 1 heterocycles. The summed E-state index contributed by atoms with van der Waals surface area (Å²) in [6.45, 7) is 9.87. The summed E-state index contributed by atoms with van der Waals surface area (Å²) >= 11 is 0. The highest BCUT2D eigenvalue weighted by Gasteiger charge is 2.10. The van der Waals surface area contributed by atoms with Crippen LogP contribution in [0.15, 0.2) is 85.5 Å². The second-order valence-corrected chi connectivity index (χ2v) is 5.56. The predicted octanol–water partition coefficient (Wildman–Crippen LogP) is 6.27. The lowest BCUT2D eigenvalue weighted by atomic mass is 10.1. The second-order valence-electron chi connectivity index (χ2n) is 5.56. The Hall–Kier alpha value is -3.00. The Bertz CT molecular complexity index is 838. The number of aromatic nitrogens is 2.